The first-order valence-corrected chi connectivity index (χ1v) is 8.80. The fraction of sp³-hybridized carbons (Fsp3) is 0.143. The molecule has 0 aliphatic carbocycles. The van der Waals surface area contributed by atoms with Crippen molar-refractivity contribution in [3.8, 4) is 5.75 Å². The molecule has 4 nitrogen and oxygen atoms in total. The number of benzene rings is 3. The Morgan fingerprint density at radius 2 is 2.00 bits per heavy atom. The molecule has 3 aromatic rings. The van der Waals surface area contributed by atoms with Crippen LogP contribution in [0.4, 0.5) is 0 Å². The zero-order chi connectivity index (χ0) is 18.4. The summed E-state index contributed by atoms with van der Waals surface area (Å²) in [5, 5.41) is 6.72. The van der Waals surface area contributed by atoms with Gasteiger partial charge in [-0.15, -0.1) is 0 Å². The van der Waals surface area contributed by atoms with Gasteiger partial charge >= 0.3 is 0 Å². The third kappa shape index (κ3) is 4.21. The molecule has 0 atom stereocenters. The van der Waals surface area contributed by atoms with Crippen molar-refractivity contribution in [2.24, 2.45) is 5.10 Å². The summed E-state index contributed by atoms with van der Waals surface area (Å²) >= 11 is 5.92. The smallest absolute Gasteiger partial charge is 0.271 e. The zero-order valence-electron chi connectivity index (χ0n) is 14.4. The van der Waals surface area contributed by atoms with Gasteiger partial charge in [0.05, 0.1) is 12.8 Å². The van der Waals surface area contributed by atoms with Crippen molar-refractivity contribution in [3.05, 3.63) is 76.8 Å². The van der Waals surface area contributed by atoms with Gasteiger partial charge in [0.15, 0.2) is 0 Å². The van der Waals surface area contributed by atoms with E-state index in [1.807, 2.05) is 36.4 Å². The number of carbonyl (C=O) groups is 1. The van der Waals surface area contributed by atoms with Gasteiger partial charge in [-0.05, 0) is 41.5 Å². The molecule has 0 saturated heterocycles. The van der Waals surface area contributed by atoms with E-state index in [1.165, 1.54) is 0 Å². The second-order valence-electron chi connectivity index (χ2n) is 5.76. The third-order valence-electron chi connectivity index (χ3n) is 3.84. The van der Waals surface area contributed by atoms with E-state index in [0.717, 1.165) is 28.5 Å². The normalized spacial score (nSPS) is 11.0. The fourth-order valence-corrected chi connectivity index (χ4v) is 2.79. The van der Waals surface area contributed by atoms with E-state index >= 15 is 0 Å². The molecule has 26 heavy (non-hydrogen) atoms. The van der Waals surface area contributed by atoms with Crippen molar-refractivity contribution in [2.45, 2.75) is 13.3 Å². The molecule has 1 N–H and O–H groups in total. The lowest BCUT2D eigenvalue weighted by atomic mass is 10.0. The number of halogens is 1. The van der Waals surface area contributed by atoms with Crippen LogP contribution in [0, 0.1) is 0 Å². The van der Waals surface area contributed by atoms with Gasteiger partial charge < -0.3 is 4.74 Å². The van der Waals surface area contributed by atoms with E-state index in [-0.39, 0.29) is 5.91 Å². The van der Waals surface area contributed by atoms with Crippen LogP contribution in [-0.2, 0) is 0 Å². The van der Waals surface area contributed by atoms with Crippen molar-refractivity contribution in [2.75, 3.05) is 6.61 Å². The molecule has 0 fully saturated rings. The standard InChI is InChI=1S/C21H19ClN2O2/c1-2-12-26-20-11-10-15-6-3-4-9-18(15)19(20)14-23-24-21(25)16-7-5-8-17(22)13-16/h3-11,13-14H,2,12H2,1H3,(H,24,25)/b23-14+. The predicted octanol–water partition coefficient (Wildman–Crippen LogP) is 5.05. The molecule has 0 spiro atoms. The Labute approximate surface area is 157 Å². The first-order chi connectivity index (χ1) is 12.7. The number of rotatable bonds is 6. The first kappa shape index (κ1) is 18.0. The lowest BCUT2D eigenvalue weighted by molar-refractivity contribution is 0.0955. The summed E-state index contributed by atoms with van der Waals surface area (Å²) in [4.78, 5) is 12.2. The maximum atomic E-state index is 12.2. The van der Waals surface area contributed by atoms with Crippen LogP contribution in [0.15, 0.2) is 65.8 Å². The highest BCUT2D eigenvalue weighted by Gasteiger charge is 2.08. The van der Waals surface area contributed by atoms with Gasteiger partial charge in [-0.1, -0.05) is 54.9 Å². The highest BCUT2D eigenvalue weighted by molar-refractivity contribution is 6.30. The van der Waals surface area contributed by atoms with Gasteiger partial charge in [0.1, 0.15) is 5.75 Å². The lowest BCUT2D eigenvalue weighted by Gasteiger charge is -2.11. The second kappa shape index (κ2) is 8.50. The van der Waals surface area contributed by atoms with Crippen molar-refractivity contribution in [3.63, 3.8) is 0 Å². The summed E-state index contributed by atoms with van der Waals surface area (Å²) in [6, 6.07) is 18.7. The van der Waals surface area contributed by atoms with Crippen LogP contribution in [-0.4, -0.2) is 18.7 Å². The first-order valence-electron chi connectivity index (χ1n) is 8.42. The lowest BCUT2D eigenvalue weighted by Crippen LogP contribution is -2.17. The van der Waals surface area contributed by atoms with Crippen LogP contribution in [0.5, 0.6) is 5.75 Å². The van der Waals surface area contributed by atoms with Crippen LogP contribution in [0.1, 0.15) is 29.3 Å². The van der Waals surface area contributed by atoms with Gasteiger partial charge in [-0.25, -0.2) is 5.43 Å². The Morgan fingerprint density at radius 1 is 1.15 bits per heavy atom. The number of carbonyl (C=O) groups excluding carboxylic acids is 1. The molecule has 0 bridgehead atoms. The summed E-state index contributed by atoms with van der Waals surface area (Å²) in [5.74, 6) is 0.423. The second-order valence-corrected chi connectivity index (χ2v) is 6.19. The number of fused-ring (bicyclic) bond motifs is 1. The summed E-state index contributed by atoms with van der Waals surface area (Å²) in [6.07, 6.45) is 2.53. The number of nitrogens with zero attached hydrogens (tertiary/aromatic N) is 1. The van der Waals surface area contributed by atoms with Crippen molar-refractivity contribution < 1.29 is 9.53 Å². The summed E-state index contributed by atoms with van der Waals surface area (Å²) < 4.78 is 5.83. The highest BCUT2D eigenvalue weighted by atomic mass is 35.5. The molecule has 0 unspecified atom stereocenters. The Hall–Kier alpha value is -2.85. The van der Waals surface area contributed by atoms with E-state index in [9.17, 15) is 4.79 Å². The van der Waals surface area contributed by atoms with Gasteiger partial charge in [0.2, 0.25) is 0 Å². The molecule has 0 aliphatic rings. The van der Waals surface area contributed by atoms with Gasteiger partial charge in [-0.2, -0.15) is 5.10 Å². The van der Waals surface area contributed by atoms with Gasteiger partial charge in [-0.3, -0.25) is 4.79 Å². The molecule has 132 valence electrons. The van der Waals surface area contributed by atoms with E-state index in [4.69, 9.17) is 16.3 Å². The Morgan fingerprint density at radius 3 is 2.81 bits per heavy atom. The molecule has 0 radical (unpaired) electrons. The van der Waals surface area contributed by atoms with Crippen molar-refractivity contribution in [1.82, 2.24) is 5.43 Å². The Bertz CT molecular complexity index is 954. The van der Waals surface area contributed by atoms with E-state index < -0.39 is 0 Å². The quantitative estimate of drug-likeness (QED) is 0.490. The summed E-state index contributed by atoms with van der Waals surface area (Å²) in [5.41, 5.74) is 3.83. The monoisotopic (exact) mass is 366 g/mol. The molecular weight excluding hydrogens is 348 g/mol. The molecule has 3 rings (SSSR count). The molecule has 0 aliphatic heterocycles. The average Bonchev–Trinajstić information content (AvgIpc) is 2.67. The Balaban J connectivity index is 1.86. The van der Waals surface area contributed by atoms with Gasteiger partial charge in [0, 0.05) is 16.1 Å². The topological polar surface area (TPSA) is 50.7 Å². The zero-order valence-corrected chi connectivity index (χ0v) is 15.2. The van der Waals surface area contributed by atoms with Crippen LogP contribution in [0.25, 0.3) is 10.8 Å². The van der Waals surface area contributed by atoms with E-state index in [2.05, 4.69) is 17.5 Å². The van der Waals surface area contributed by atoms with Crippen molar-refractivity contribution >= 4 is 34.5 Å². The van der Waals surface area contributed by atoms with Crippen LogP contribution < -0.4 is 10.2 Å². The molecular formula is C21H19ClN2O2. The molecule has 0 saturated carbocycles. The maximum Gasteiger partial charge on any atom is 0.271 e. The molecule has 0 aromatic heterocycles. The largest absolute Gasteiger partial charge is 0.493 e. The average molecular weight is 367 g/mol. The maximum absolute atomic E-state index is 12.2. The van der Waals surface area contributed by atoms with Gasteiger partial charge in [0.25, 0.3) is 5.91 Å². The molecule has 3 aromatic carbocycles. The highest BCUT2D eigenvalue weighted by Crippen LogP contribution is 2.26. The summed E-state index contributed by atoms with van der Waals surface area (Å²) in [6.45, 7) is 2.67. The number of ether oxygens (including phenoxy) is 1. The number of hydrazone groups is 1. The van der Waals surface area contributed by atoms with E-state index in [0.29, 0.717) is 17.2 Å². The van der Waals surface area contributed by atoms with Crippen molar-refractivity contribution in [1.29, 1.82) is 0 Å². The number of hydrogen-bond acceptors (Lipinski definition) is 3. The summed E-state index contributed by atoms with van der Waals surface area (Å²) in [7, 11) is 0. The van der Waals surface area contributed by atoms with Crippen LogP contribution in [0.3, 0.4) is 0 Å². The minimum absolute atomic E-state index is 0.319. The molecule has 1 amide bonds. The number of amides is 1. The Kier molecular flexibility index (Phi) is 5.87. The fourth-order valence-electron chi connectivity index (χ4n) is 2.60. The minimum atomic E-state index is -0.319. The third-order valence-corrected chi connectivity index (χ3v) is 4.07. The van der Waals surface area contributed by atoms with Crippen LogP contribution in [0.2, 0.25) is 5.02 Å². The SMILES string of the molecule is CCCOc1ccc2ccccc2c1/C=N/NC(=O)c1cccc(Cl)c1. The van der Waals surface area contributed by atoms with E-state index in [1.54, 1.807) is 30.5 Å². The predicted molar refractivity (Wildman–Crippen MR) is 106 cm³/mol. The number of nitrogens with one attached hydrogen (secondary N) is 1. The van der Waals surface area contributed by atoms with Crippen LogP contribution >= 0.6 is 11.6 Å². The molecule has 5 heteroatoms. The minimum Gasteiger partial charge on any atom is -0.493 e. The number of hydrogen-bond donors (Lipinski definition) is 1. The molecule has 0 heterocycles.